The highest BCUT2D eigenvalue weighted by atomic mass is 32.1. The van der Waals surface area contributed by atoms with Crippen molar-refractivity contribution in [1.82, 2.24) is 4.90 Å². The molecule has 1 aromatic carbocycles. The number of nitrogens with one attached hydrogen (secondary N) is 1. The number of carbonyl (C=O) groups excluding carboxylic acids is 2. The van der Waals surface area contributed by atoms with Gasteiger partial charge in [-0.15, -0.1) is 11.3 Å². The fourth-order valence-electron chi connectivity index (χ4n) is 3.22. The fourth-order valence-corrected chi connectivity index (χ4v) is 3.98. The van der Waals surface area contributed by atoms with Crippen LogP contribution in [0.5, 0.6) is 0 Å². The van der Waals surface area contributed by atoms with Gasteiger partial charge in [0.25, 0.3) is 11.8 Å². The maximum atomic E-state index is 12.9. The van der Waals surface area contributed by atoms with Crippen molar-refractivity contribution in [2.24, 2.45) is 0 Å². The quantitative estimate of drug-likeness (QED) is 0.655. The number of imide groups is 1. The largest absolute Gasteiger partial charge is 0.383 e. The van der Waals surface area contributed by atoms with Crippen LogP contribution in [-0.4, -0.2) is 50.1 Å². The van der Waals surface area contributed by atoms with E-state index >= 15 is 0 Å². The number of nitrogens with zero attached hydrogens (tertiary/aromatic N) is 2. The number of benzene rings is 1. The zero-order chi connectivity index (χ0) is 20.1. The maximum Gasteiger partial charge on any atom is 0.278 e. The summed E-state index contributed by atoms with van der Waals surface area (Å²) in [6, 6.07) is 11.6. The topological polar surface area (TPSA) is 61.9 Å². The molecule has 0 atom stereocenters. The number of amides is 2. The Morgan fingerprint density at radius 2 is 1.79 bits per heavy atom. The molecule has 0 bridgehead atoms. The Morgan fingerprint density at radius 1 is 1.07 bits per heavy atom. The van der Waals surface area contributed by atoms with E-state index in [1.165, 1.54) is 16.2 Å². The summed E-state index contributed by atoms with van der Waals surface area (Å²) in [5.41, 5.74) is 2.64. The summed E-state index contributed by atoms with van der Waals surface area (Å²) in [6.45, 7) is 6.63. The van der Waals surface area contributed by atoms with Crippen molar-refractivity contribution in [1.29, 1.82) is 0 Å². The molecule has 2 heterocycles. The Morgan fingerprint density at radius 3 is 2.36 bits per heavy atom. The molecule has 0 saturated heterocycles. The number of ether oxygens (including phenoxy) is 1. The molecular weight excluding hydrogens is 374 g/mol. The van der Waals surface area contributed by atoms with Crippen LogP contribution in [0.4, 0.5) is 11.4 Å². The second-order valence-electron chi connectivity index (χ2n) is 6.33. The van der Waals surface area contributed by atoms with Crippen molar-refractivity contribution in [3.63, 3.8) is 0 Å². The lowest BCUT2D eigenvalue weighted by atomic mass is 10.1. The average Bonchev–Trinajstić information content (AvgIpc) is 3.30. The predicted molar refractivity (Wildman–Crippen MR) is 113 cm³/mol. The van der Waals surface area contributed by atoms with Gasteiger partial charge in [-0.2, -0.15) is 0 Å². The molecule has 0 saturated carbocycles. The first-order valence-electron chi connectivity index (χ1n) is 9.36. The van der Waals surface area contributed by atoms with Crippen LogP contribution in [0, 0.1) is 0 Å². The highest BCUT2D eigenvalue weighted by Crippen LogP contribution is 2.33. The Labute approximate surface area is 169 Å². The van der Waals surface area contributed by atoms with E-state index < -0.39 is 0 Å². The zero-order valence-corrected chi connectivity index (χ0v) is 17.2. The van der Waals surface area contributed by atoms with Gasteiger partial charge in [0.2, 0.25) is 0 Å². The third-order valence-electron chi connectivity index (χ3n) is 4.72. The summed E-state index contributed by atoms with van der Waals surface area (Å²) in [5.74, 6) is -0.606. The first kappa shape index (κ1) is 20.1. The molecule has 3 rings (SSSR count). The fraction of sp³-hybridized carbons (Fsp3) is 0.333. The number of methoxy groups -OCH3 is 1. The van der Waals surface area contributed by atoms with E-state index in [0.29, 0.717) is 17.9 Å². The molecular formula is C21H25N3O3S. The summed E-state index contributed by atoms with van der Waals surface area (Å²) in [6.07, 6.45) is 0. The minimum Gasteiger partial charge on any atom is -0.383 e. The molecule has 2 aromatic rings. The molecule has 0 unspecified atom stereocenters. The molecule has 1 N–H and O–H groups in total. The molecule has 1 aliphatic heterocycles. The lowest BCUT2D eigenvalue weighted by Crippen LogP contribution is -2.35. The van der Waals surface area contributed by atoms with Gasteiger partial charge in [0.15, 0.2) is 0 Å². The van der Waals surface area contributed by atoms with Gasteiger partial charge in [0.05, 0.1) is 18.7 Å². The molecule has 1 aliphatic rings. The molecule has 2 amide bonds. The number of rotatable bonds is 9. The van der Waals surface area contributed by atoms with Gasteiger partial charge in [0, 0.05) is 36.5 Å². The lowest BCUT2D eigenvalue weighted by Gasteiger charge is -2.21. The van der Waals surface area contributed by atoms with E-state index in [1.807, 2.05) is 41.8 Å². The van der Waals surface area contributed by atoms with Crippen molar-refractivity contribution in [2.75, 3.05) is 43.6 Å². The van der Waals surface area contributed by atoms with Crippen molar-refractivity contribution in [2.45, 2.75) is 13.8 Å². The molecule has 28 heavy (non-hydrogen) atoms. The molecule has 0 fully saturated rings. The average molecular weight is 400 g/mol. The van der Waals surface area contributed by atoms with Crippen LogP contribution in [0.25, 0.3) is 5.57 Å². The van der Waals surface area contributed by atoms with Gasteiger partial charge in [-0.25, -0.2) is 0 Å². The molecule has 0 spiro atoms. The first-order chi connectivity index (χ1) is 13.6. The number of hydrogen-bond donors (Lipinski definition) is 1. The Kier molecular flexibility index (Phi) is 6.49. The van der Waals surface area contributed by atoms with Gasteiger partial charge < -0.3 is 15.0 Å². The van der Waals surface area contributed by atoms with Crippen LogP contribution in [-0.2, 0) is 14.3 Å². The summed E-state index contributed by atoms with van der Waals surface area (Å²) >= 11 is 1.44. The standard InChI is InChI=1S/C21H25N3O3S/c1-4-23(5-2)16-10-8-15(9-11-16)22-19-18(17-7-6-14-28-17)20(25)24(21(19)26)12-13-27-3/h6-11,14,22H,4-5,12-13H2,1-3H3. The molecule has 0 radical (unpaired) electrons. The van der Waals surface area contributed by atoms with E-state index in [4.69, 9.17) is 4.74 Å². The van der Waals surface area contributed by atoms with E-state index in [-0.39, 0.29) is 18.4 Å². The van der Waals surface area contributed by atoms with Gasteiger partial charge in [0.1, 0.15) is 5.70 Å². The third-order valence-corrected chi connectivity index (χ3v) is 5.61. The first-order valence-corrected chi connectivity index (χ1v) is 10.2. The van der Waals surface area contributed by atoms with Crippen LogP contribution in [0.15, 0.2) is 47.5 Å². The molecule has 1 aromatic heterocycles. The van der Waals surface area contributed by atoms with E-state index in [9.17, 15) is 9.59 Å². The highest BCUT2D eigenvalue weighted by Gasteiger charge is 2.39. The Hall–Kier alpha value is -2.64. The normalized spacial score (nSPS) is 14.2. The zero-order valence-electron chi connectivity index (χ0n) is 16.4. The molecule has 148 valence electrons. The van der Waals surface area contributed by atoms with Crippen LogP contribution in [0.1, 0.15) is 18.7 Å². The monoisotopic (exact) mass is 399 g/mol. The minimum atomic E-state index is -0.321. The number of anilines is 2. The van der Waals surface area contributed by atoms with Crippen LogP contribution >= 0.6 is 11.3 Å². The van der Waals surface area contributed by atoms with Gasteiger partial charge in [-0.3, -0.25) is 14.5 Å². The lowest BCUT2D eigenvalue weighted by molar-refractivity contribution is -0.137. The van der Waals surface area contributed by atoms with Crippen molar-refractivity contribution in [3.8, 4) is 0 Å². The number of carbonyl (C=O) groups is 2. The molecule has 0 aliphatic carbocycles. The van der Waals surface area contributed by atoms with E-state index in [0.717, 1.165) is 29.3 Å². The van der Waals surface area contributed by atoms with Crippen LogP contribution in [0.2, 0.25) is 0 Å². The smallest absolute Gasteiger partial charge is 0.278 e. The summed E-state index contributed by atoms with van der Waals surface area (Å²) in [4.78, 5) is 30.1. The van der Waals surface area contributed by atoms with Crippen molar-refractivity contribution in [3.05, 3.63) is 52.4 Å². The summed E-state index contributed by atoms with van der Waals surface area (Å²) in [5, 5.41) is 5.08. The Bertz CT molecular complexity index is 856. The predicted octanol–water partition coefficient (Wildman–Crippen LogP) is 3.43. The van der Waals surface area contributed by atoms with E-state index in [1.54, 1.807) is 7.11 Å². The van der Waals surface area contributed by atoms with Crippen LogP contribution < -0.4 is 10.2 Å². The minimum absolute atomic E-state index is 0.231. The summed E-state index contributed by atoms with van der Waals surface area (Å²) in [7, 11) is 1.55. The highest BCUT2D eigenvalue weighted by molar-refractivity contribution is 7.11. The Balaban J connectivity index is 1.90. The number of thiophene rings is 1. The van der Waals surface area contributed by atoms with Crippen molar-refractivity contribution < 1.29 is 14.3 Å². The van der Waals surface area contributed by atoms with E-state index in [2.05, 4.69) is 24.1 Å². The van der Waals surface area contributed by atoms with Gasteiger partial charge >= 0.3 is 0 Å². The molecule has 6 nitrogen and oxygen atoms in total. The van der Waals surface area contributed by atoms with Crippen LogP contribution in [0.3, 0.4) is 0 Å². The third kappa shape index (κ3) is 3.95. The maximum absolute atomic E-state index is 12.9. The number of hydrogen-bond acceptors (Lipinski definition) is 6. The second-order valence-corrected chi connectivity index (χ2v) is 7.27. The SMILES string of the molecule is CCN(CC)c1ccc(NC2=C(c3cccs3)C(=O)N(CCOC)C2=O)cc1. The second kappa shape index (κ2) is 9.03. The van der Waals surface area contributed by atoms with Crippen molar-refractivity contribution >= 4 is 40.1 Å². The van der Waals surface area contributed by atoms with Gasteiger partial charge in [-0.05, 0) is 49.6 Å². The molecule has 7 heteroatoms. The van der Waals surface area contributed by atoms with Gasteiger partial charge in [-0.1, -0.05) is 6.07 Å². The summed E-state index contributed by atoms with van der Waals surface area (Å²) < 4.78 is 5.05.